The number of halogens is 2. The molecule has 0 spiro atoms. The monoisotopic (exact) mass is 333 g/mol. The molecule has 24 heavy (non-hydrogen) atoms. The van der Waals surface area contributed by atoms with Crippen molar-refractivity contribution in [1.82, 2.24) is 15.2 Å². The van der Waals surface area contributed by atoms with E-state index < -0.39 is 17.7 Å². The molecule has 6 heteroatoms. The largest absolute Gasteiger partial charge is 0.331 e. The van der Waals surface area contributed by atoms with Crippen molar-refractivity contribution in [2.45, 2.75) is 32.4 Å². The molecule has 1 aromatic carbocycles. The third-order valence-electron chi connectivity index (χ3n) is 3.70. The normalized spacial score (nSPS) is 11.8. The maximum Gasteiger partial charge on any atom is 0.317 e. The molecule has 0 aliphatic carbocycles. The Morgan fingerprint density at radius 1 is 1.33 bits per heavy atom. The lowest BCUT2D eigenvalue weighted by Crippen LogP contribution is -2.39. The second-order valence-electron chi connectivity index (χ2n) is 5.67. The van der Waals surface area contributed by atoms with Crippen LogP contribution in [-0.2, 0) is 6.54 Å². The number of carbonyl (C=O) groups excluding carboxylic acids is 1. The van der Waals surface area contributed by atoms with Crippen molar-refractivity contribution in [1.29, 1.82) is 0 Å². The molecule has 0 aliphatic heterocycles. The Hall–Kier alpha value is -2.50. The molecule has 0 fully saturated rings. The first-order valence-corrected chi connectivity index (χ1v) is 7.86. The molecule has 1 N–H and O–H groups in total. The molecule has 2 aromatic rings. The SMILES string of the molecule is CCC[C@H](NC(=O)N(C)Cc1cccnc1)c1ccc(F)cc1F. The Morgan fingerprint density at radius 2 is 2.12 bits per heavy atom. The molecule has 0 radical (unpaired) electrons. The third kappa shape index (κ3) is 4.75. The maximum atomic E-state index is 14.0. The van der Waals surface area contributed by atoms with Crippen molar-refractivity contribution in [2.75, 3.05) is 7.05 Å². The molecule has 0 saturated carbocycles. The number of nitrogens with zero attached hydrogens (tertiary/aromatic N) is 2. The van der Waals surface area contributed by atoms with E-state index in [4.69, 9.17) is 0 Å². The van der Waals surface area contributed by atoms with Crippen molar-refractivity contribution in [3.05, 3.63) is 65.5 Å². The fourth-order valence-corrected chi connectivity index (χ4v) is 2.47. The van der Waals surface area contributed by atoms with Gasteiger partial charge in [-0.05, 0) is 24.1 Å². The van der Waals surface area contributed by atoms with Gasteiger partial charge in [0.25, 0.3) is 0 Å². The van der Waals surface area contributed by atoms with Gasteiger partial charge >= 0.3 is 6.03 Å². The highest BCUT2D eigenvalue weighted by atomic mass is 19.1. The second kappa shape index (κ2) is 8.38. The van der Waals surface area contributed by atoms with Gasteiger partial charge in [-0.15, -0.1) is 0 Å². The molecular formula is C18H21F2N3O. The molecule has 0 unspecified atom stereocenters. The van der Waals surface area contributed by atoms with E-state index in [-0.39, 0.29) is 6.03 Å². The van der Waals surface area contributed by atoms with Crippen molar-refractivity contribution in [3.8, 4) is 0 Å². The molecule has 0 saturated heterocycles. The van der Waals surface area contributed by atoms with Crippen molar-refractivity contribution >= 4 is 6.03 Å². The Bertz CT molecular complexity index is 679. The quantitative estimate of drug-likeness (QED) is 0.867. The number of amides is 2. The van der Waals surface area contributed by atoms with Crippen molar-refractivity contribution < 1.29 is 13.6 Å². The number of aromatic nitrogens is 1. The maximum absolute atomic E-state index is 14.0. The van der Waals surface area contributed by atoms with E-state index in [1.165, 1.54) is 17.0 Å². The number of rotatable bonds is 6. The lowest BCUT2D eigenvalue weighted by molar-refractivity contribution is 0.201. The number of hydrogen-bond donors (Lipinski definition) is 1. The average Bonchev–Trinajstić information content (AvgIpc) is 2.55. The summed E-state index contributed by atoms with van der Waals surface area (Å²) in [6.45, 7) is 2.34. The summed E-state index contributed by atoms with van der Waals surface area (Å²) in [6, 6.07) is 6.28. The topological polar surface area (TPSA) is 45.2 Å². The van der Waals surface area contributed by atoms with Crippen LogP contribution in [0.25, 0.3) is 0 Å². The van der Waals surface area contributed by atoms with Crippen LogP contribution in [0.15, 0.2) is 42.7 Å². The van der Waals surface area contributed by atoms with Crippen molar-refractivity contribution in [3.63, 3.8) is 0 Å². The van der Waals surface area contributed by atoms with E-state index in [1.807, 2.05) is 13.0 Å². The van der Waals surface area contributed by atoms with E-state index in [1.54, 1.807) is 25.5 Å². The minimum Gasteiger partial charge on any atom is -0.331 e. The number of hydrogen-bond acceptors (Lipinski definition) is 2. The van der Waals surface area contributed by atoms with E-state index in [0.29, 0.717) is 18.5 Å². The van der Waals surface area contributed by atoms with Gasteiger partial charge in [0.1, 0.15) is 11.6 Å². The van der Waals surface area contributed by atoms with Crippen LogP contribution in [0.1, 0.15) is 36.9 Å². The number of nitrogens with one attached hydrogen (secondary N) is 1. The molecule has 1 heterocycles. The predicted octanol–water partition coefficient (Wildman–Crippen LogP) is 4.04. The van der Waals surface area contributed by atoms with Gasteiger partial charge in [-0.2, -0.15) is 0 Å². The first kappa shape index (κ1) is 17.8. The van der Waals surface area contributed by atoms with Crippen LogP contribution in [0.5, 0.6) is 0 Å². The Balaban J connectivity index is 2.07. The number of urea groups is 1. The van der Waals surface area contributed by atoms with E-state index >= 15 is 0 Å². The smallest absolute Gasteiger partial charge is 0.317 e. The lowest BCUT2D eigenvalue weighted by atomic mass is 10.0. The standard InChI is InChI=1S/C18H21F2N3O/c1-3-5-17(15-8-7-14(19)10-16(15)20)22-18(24)23(2)12-13-6-4-9-21-11-13/h4,6-11,17H,3,5,12H2,1-2H3,(H,22,24)/t17-/m0/s1. The summed E-state index contributed by atoms with van der Waals surface area (Å²) in [7, 11) is 1.66. The van der Waals surface area contributed by atoms with Crippen LogP contribution in [0.2, 0.25) is 0 Å². The molecule has 1 atom stereocenters. The van der Waals surface area contributed by atoms with E-state index in [9.17, 15) is 13.6 Å². The number of pyridine rings is 1. The van der Waals surface area contributed by atoms with Gasteiger partial charge in [-0.1, -0.05) is 25.5 Å². The average molecular weight is 333 g/mol. The summed E-state index contributed by atoms with van der Waals surface area (Å²) in [5.74, 6) is -1.28. The Labute approximate surface area is 140 Å². The summed E-state index contributed by atoms with van der Waals surface area (Å²) in [5, 5.41) is 2.82. The highest BCUT2D eigenvalue weighted by molar-refractivity contribution is 5.74. The first-order valence-electron chi connectivity index (χ1n) is 7.86. The van der Waals surface area contributed by atoms with Crippen LogP contribution in [0.3, 0.4) is 0 Å². The fraction of sp³-hybridized carbons (Fsp3) is 0.333. The Morgan fingerprint density at radius 3 is 2.75 bits per heavy atom. The minimum absolute atomic E-state index is 0.293. The molecule has 128 valence electrons. The lowest BCUT2D eigenvalue weighted by Gasteiger charge is -2.24. The summed E-state index contributed by atoms with van der Waals surface area (Å²) in [4.78, 5) is 17.9. The highest BCUT2D eigenvalue weighted by Crippen LogP contribution is 2.22. The van der Waals surface area contributed by atoms with Crippen molar-refractivity contribution in [2.24, 2.45) is 0 Å². The van der Waals surface area contributed by atoms with Gasteiger partial charge in [0.05, 0.1) is 6.04 Å². The molecule has 2 amide bonds. The van der Waals surface area contributed by atoms with Gasteiger partial charge < -0.3 is 10.2 Å². The highest BCUT2D eigenvalue weighted by Gasteiger charge is 2.20. The van der Waals surface area contributed by atoms with Gasteiger partial charge in [0, 0.05) is 37.6 Å². The van der Waals surface area contributed by atoms with Gasteiger partial charge in [-0.25, -0.2) is 13.6 Å². The molecular weight excluding hydrogens is 312 g/mol. The summed E-state index contributed by atoms with van der Waals surface area (Å²) >= 11 is 0. The summed E-state index contributed by atoms with van der Waals surface area (Å²) in [5.41, 5.74) is 1.19. The van der Waals surface area contributed by atoms with E-state index in [0.717, 1.165) is 18.1 Å². The van der Waals surface area contributed by atoms with Crippen LogP contribution >= 0.6 is 0 Å². The molecule has 4 nitrogen and oxygen atoms in total. The number of carbonyl (C=O) groups is 1. The second-order valence-corrected chi connectivity index (χ2v) is 5.67. The van der Waals surface area contributed by atoms with Crippen LogP contribution < -0.4 is 5.32 Å². The Kier molecular flexibility index (Phi) is 6.23. The molecule has 2 rings (SSSR count). The van der Waals surface area contributed by atoms with Gasteiger partial charge in [0.15, 0.2) is 0 Å². The van der Waals surface area contributed by atoms with Crippen LogP contribution in [0.4, 0.5) is 13.6 Å². The first-order chi connectivity index (χ1) is 11.5. The summed E-state index contributed by atoms with van der Waals surface area (Å²) in [6.07, 6.45) is 4.67. The molecule has 0 aliphatic rings. The van der Waals surface area contributed by atoms with E-state index in [2.05, 4.69) is 10.3 Å². The third-order valence-corrected chi connectivity index (χ3v) is 3.70. The zero-order valence-corrected chi connectivity index (χ0v) is 13.8. The zero-order chi connectivity index (χ0) is 17.5. The van der Waals surface area contributed by atoms with Crippen LogP contribution in [-0.4, -0.2) is 23.0 Å². The molecule has 0 bridgehead atoms. The van der Waals surface area contributed by atoms with Crippen LogP contribution in [0, 0.1) is 11.6 Å². The summed E-state index contributed by atoms with van der Waals surface area (Å²) < 4.78 is 27.1. The fourth-order valence-electron chi connectivity index (χ4n) is 2.47. The number of benzene rings is 1. The van der Waals surface area contributed by atoms with Gasteiger partial charge in [0.2, 0.25) is 0 Å². The molecule has 1 aromatic heterocycles. The zero-order valence-electron chi connectivity index (χ0n) is 13.8. The predicted molar refractivity (Wildman–Crippen MR) is 88.2 cm³/mol. The minimum atomic E-state index is -0.649. The van der Waals surface area contributed by atoms with Gasteiger partial charge in [-0.3, -0.25) is 4.98 Å².